The van der Waals surface area contributed by atoms with Crippen molar-refractivity contribution in [2.45, 2.75) is 58.9 Å². The van der Waals surface area contributed by atoms with Gasteiger partial charge in [-0.3, -0.25) is 9.78 Å². The van der Waals surface area contributed by atoms with Crippen LogP contribution in [-0.2, 0) is 11.2 Å². The summed E-state index contributed by atoms with van der Waals surface area (Å²) in [5.41, 5.74) is 3.55. The molecule has 1 aliphatic heterocycles. The number of carbonyl (C=O) groups is 1. The maximum absolute atomic E-state index is 12.7. The Hall–Kier alpha value is -1.90. The van der Waals surface area contributed by atoms with Crippen LogP contribution in [0.25, 0.3) is 10.9 Å². The number of ketones is 1. The lowest BCUT2D eigenvalue weighted by Gasteiger charge is -2.45. The van der Waals surface area contributed by atoms with Gasteiger partial charge in [0.15, 0.2) is 0 Å². The third-order valence-corrected chi connectivity index (χ3v) is 6.56. The Morgan fingerprint density at radius 2 is 2.00 bits per heavy atom. The van der Waals surface area contributed by atoms with Crippen LogP contribution in [0.3, 0.4) is 0 Å². The minimum Gasteiger partial charge on any atom is -0.380 e. The van der Waals surface area contributed by atoms with Crippen LogP contribution in [0.15, 0.2) is 30.5 Å². The third-order valence-electron chi connectivity index (χ3n) is 6.56. The van der Waals surface area contributed by atoms with Crippen LogP contribution in [0, 0.1) is 17.3 Å². The first-order valence-corrected chi connectivity index (χ1v) is 9.62. The lowest BCUT2D eigenvalue weighted by molar-refractivity contribution is -0.130. The van der Waals surface area contributed by atoms with Crippen molar-refractivity contribution >= 4 is 22.4 Å². The van der Waals surface area contributed by atoms with Gasteiger partial charge in [0.1, 0.15) is 5.78 Å². The fraction of sp³-hybridized carbons (Fsp3) is 0.545. The van der Waals surface area contributed by atoms with E-state index in [-0.39, 0.29) is 11.3 Å². The molecule has 3 atom stereocenters. The summed E-state index contributed by atoms with van der Waals surface area (Å²) in [6, 6.07) is 8.81. The van der Waals surface area contributed by atoms with Crippen LogP contribution < -0.4 is 5.32 Å². The predicted molar refractivity (Wildman–Crippen MR) is 103 cm³/mol. The molecule has 0 bridgehead atoms. The number of anilines is 1. The van der Waals surface area contributed by atoms with Crippen molar-refractivity contribution in [2.24, 2.45) is 17.3 Å². The normalized spacial score (nSPS) is 27.0. The van der Waals surface area contributed by atoms with Gasteiger partial charge in [-0.05, 0) is 48.6 Å². The summed E-state index contributed by atoms with van der Waals surface area (Å²) >= 11 is 0. The van der Waals surface area contributed by atoms with Gasteiger partial charge < -0.3 is 5.32 Å². The zero-order chi connectivity index (χ0) is 17.6. The first kappa shape index (κ1) is 16.6. The van der Waals surface area contributed by atoms with E-state index in [2.05, 4.69) is 49.3 Å². The smallest absolute Gasteiger partial charge is 0.136 e. The van der Waals surface area contributed by atoms with Crippen LogP contribution in [0.2, 0.25) is 0 Å². The van der Waals surface area contributed by atoms with Gasteiger partial charge in [-0.2, -0.15) is 0 Å². The first-order chi connectivity index (χ1) is 12.0. The van der Waals surface area contributed by atoms with E-state index >= 15 is 0 Å². The highest BCUT2D eigenvalue weighted by atomic mass is 16.1. The fourth-order valence-electron chi connectivity index (χ4n) is 4.89. The standard InChI is InChI=1S/C22H28N2O/c1-14-6-10-17(18(25)13-14)22(2,3)19-11-9-16-8-7-15-5-4-12-23-20(15)21(16)24-19/h4-5,7-8,12,14,17,19,24H,6,9-11,13H2,1-3H3/t14-,17-,19?/m1/s1. The molecule has 2 aromatic rings. The summed E-state index contributed by atoms with van der Waals surface area (Å²) in [5, 5.41) is 4.97. The molecule has 1 unspecified atom stereocenters. The van der Waals surface area contributed by atoms with E-state index in [9.17, 15) is 4.79 Å². The number of pyridine rings is 1. The van der Waals surface area contributed by atoms with Crippen molar-refractivity contribution in [3.8, 4) is 0 Å². The van der Waals surface area contributed by atoms with Crippen molar-refractivity contribution < 1.29 is 4.79 Å². The average Bonchev–Trinajstić information content (AvgIpc) is 2.60. The maximum Gasteiger partial charge on any atom is 0.136 e. The number of hydrogen-bond donors (Lipinski definition) is 1. The van der Waals surface area contributed by atoms with E-state index in [0.29, 0.717) is 17.7 Å². The molecule has 0 radical (unpaired) electrons. The summed E-state index contributed by atoms with van der Waals surface area (Å²) in [5.74, 6) is 1.19. The molecule has 0 saturated heterocycles. The van der Waals surface area contributed by atoms with Crippen LogP contribution in [0.4, 0.5) is 5.69 Å². The number of aryl methyl sites for hydroxylation is 1. The van der Waals surface area contributed by atoms with Gasteiger partial charge in [0.25, 0.3) is 0 Å². The maximum atomic E-state index is 12.7. The highest BCUT2D eigenvalue weighted by molar-refractivity contribution is 5.92. The molecule has 132 valence electrons. The molecule has 25 heavy (non-hydrogen) atoms. The van der Waals surface area contributed by atoms with Crippen molar-refractivity contribution in [2.75, 3.05) is 5.32 Å². The van der Waals surface area contributed by atoms with Crippen molar-refractivity contribution in [3.63, 3.8) is 0 Å². The SMILES string of the molecule is C[C@@H]1CC[C@@H](C(C)(C)C2CCc3ccc4cccnc4c3N2)C(=O)C1. The van der Waals surface area contributed by atoms with Crippen LogP contribution in [0.1, 0.15) is 52.0 Å². The van der Waals surface area contributed by atoms with Crippen molar-refractivity contribution in [1.82, 2.24) is 4.98 Å². The van der Waals surface area contributed by atoms with Gasteiger partial charge in [0.2, 0.25) is 0 Å². The number of nitrogens with zero attached hydrogens (tertiary/aromatic N) is 1. The molecule has 1 fully saturated rings. The minimum atomic E-state index is -0.0359. The molecule has 3 nitrogen and oxygen atoms in total. The van der Waals surface area contributed by atoms with E-state index in [1.165, 1.54) is 23.1 Å². The molecule has 0 spiro atoms. The molecule has 4 rings (SSSR count). The summed E-state index contributed by atoms with van der Waals surface area (Å²) in [6.07, 6.45) is 6.96. The Balaban J connectivity index is 1.65. The van der Waals surface area contributed by atoms with Gasteiger partial charge >= 0.3 is 0 Å². The number of fused-ring (bicyclic) bond motifs is 3. The molecule has 1 saturated carbocycles. The number of rotatable bonds is 2. The number of hydrogen-bond acceptors (Lipinski definition) is 3. The lowest BCUT2D eigenvalue weighted by Crippen LogP contribution is -2.48. The zero-order valence-corrected chi connectivity index (χ0v) is 15.5. The Labute approximate surface area is 150 Å². The Kier molecular flexibility index (Phi) is 4.05. The monoisotopic (exact) mass is 336 g/mol. The van der Waals surface area contributed by atoms with Gasteiger partial charge in [0.05, 0.1) is 11.2 Å². The molecular weight excluding hydrogens is 308 g/mol. The van der Waals surface area contributed by atoms with Crippen LogP contribution in [-0.4, -0.2) is 16.8 Å². The van der Waals surface area contributed by atoms with Crippen molar-refractivity contribution in [1.29, 1.82) is 0 Å². The first-order valence-electron chi connectivity index (χ1n) is 9.62. The van der Waals surface area contributed by atoms with E-state index in [1.807, 2.05) is 12.3 Å². The predicted octanol–water partition coefficient (Wildman–Crippen LogP) is 4.99. The number of Topliss-reactive ketones (excluding diaryl/α,β-unsaturated/α-hetero) is 1. The minimum absolute atomic E-state index is 0.0359. The van der Waals surface area contributed by atoms with Crippen molar-refractivity contribution in [3.05, 3.63) is 36.0 Å². The molecule has 2 aliphatic rings. The Bertz CT molecular complexity index is 811. The third kappa shape index (κ3) is 2.84. The van der Waals surface area contributed by atoms with E-state index < -0.39 is 0 Å². The largest absolute Gasteiger partial charge is 0.380 e. The number of benzene rings is 1. The summed E-state index contributed by atoms with van der Waals surface area (Å²) in [6.45, 7) is 6.77. The average molecular weight is 336 g/mol. The number of carbonyl (C=O) groups excluding carboxylic acids is 1. The summed E-state index contributed by atoms with van der Waals surface area (Å²) in [7, 11) is 0. The topological polar surface area (TPSA) is 42.0 Å². The van der Waals surface area contributed by atoms with E-state index in [1.54, 1.807) is 0 Å². The summed E-state index contributed by atoms with van der Waals surface area (Å²) in [4.78, 5) is 17.3. The second-order valence-electron chi connectivity index (χ2n) is 8.64. The second kappa shape index (κ2) is 6.12. The highest BCUT2D eigenvalue weighted by Gasteiger charge is 2.44. The molecule has 1 aromatic heterocycles. The van der Waals surface area contributed by atoms with Crippen LogP contribution in [0.5, 0.6) is 0 Å². The molecule has 0 amide bonds. The fourth-order valence-corrected chi connectivity index (χ4v) is 4.89. The molecular formula is C22H28N2O. The molecule has 2 heterocycles. The van der Waals surface area contributed by atoms with E-state index in [4.69, 9.17) is 0 Å². The molecule has 1 N–H and O–H groups in total. The van der Waals surface area contributed by atoms with Gasteiger partial charge in [-0.1, -0.05) is 39.0 Å². The quantitative estimate of drug-likeness (QED) is 0.840. The molecule has 1 aliphatic carbocycles. The van der Waals surface area contributed by atoms with Crippen LogP contribution >= 0.6 is 0 Å². The summed E-state index contributed by atoms with van der Waals surface area (Å²) < 4.78 is 0. The van der Waals surface area contributed by atoms with E-state index in [0.717, 1.165) is 31.2 Å². The number of nitrogens with one attached hydrogen (secondary N) is 1. The lowest BCUT2D eigenvalue weighted by atomic mass is 9.63. The van der Waals surface area contributed by atoms with Gasteiger partial charge in [-0.15, -0.1) is 0 Å². The molecule has 3 heteroatoms. The zero-order valence-electron chi connectivity index (χ0n) is 15.5. The Morgan fingerprint density at radius 3 is 2.80 bits per heavy atom. The highest BCUT2D eigenvalue weighted by Crippen LogP contribution is 2.45. The second-order valence-corrected chi connectivity index (χ2v) is 8.64. The number of aromatic nitrogens is 1. The molecule has 1 aromatic carbocycles. The van der Waals surface area contributed by atoms with Gasteiger partial charge in [0, 0.05) is 30.0 Å². The Morgan fingerprint density at radius 1 is 1.16 bits per heavy atom. The van der Waals surface area contributed by atoms with Gasteiger partial charge in [-0.25, -0.2) is 0 Å².